The number of rotatable bonds is 5. The van der Waals surface area contributed by atoms with Gasteiger partial charge in [-0.3, -0.25) is 4.79 Å². The summed E-state index contributed by atoms with van der Waals surface area (Å²) in [6, 6.07) is 0. The monoisotopic (exact) mass is 218 g/mol. The first-order chi connectivity index (χ1) is 6.12. The minimum atomic E-state index is -0.705. The van der Waals surface area contributed by atoms with Crippen molar-refractivity contribution < 1.29 is 9.90 Å². The lowest BCUT2D eigenvalue weighted by Gasteiger charge is -2.31. The molecule has 0 bridgehead atoms. The molecule has 0 spiro atoms. The van der Waals surface area contributed by atoms with Crippen molar-refractivity contribution in [3.63, 3.8) is 0 Å². The molecule has 0 saturated heterocycles. The van der Waals surface area contributed by atoms with Crippen LogP contribution in [-0.2, 0) is 4.79 Å². The molecule has 0 aromatic rings. The van der Waals surface area contributed by atoms with E-state index in [0.29, 0.717) is 11.2 Å². The third-order valence-electron chi connectivity index (χ3n) is 1.76. The molecule has 0 aliphatic rings. The summed E-state index contributed by atoms with van der Waals surface area (Å²) in [7, 11) is 0. The molecule has 0 heterocycles. The molecule has 0 aromatic carbocycles. The van der Waals surface area contributed by atoms with Crippen LogP contribution < -0.4 is 0 Å². The van der Waals surface area contributed by atoms with Crippen LogP contribution in [0.3, 0.4) is 0 Å². The average molecular weight is 218 g/mol. The SMILES string of the molecule is CC(C)(C)CC(C)(C)SCCC(=O)O. The number of carbonyl (C=O) groups is 1. The predicted molar refractivity (Wildman–Crippen MR) is 62.9 cm³/mol. The molecule has 0 saturated carbocycles. The molecule has 0 fully saturated rings. The lowest BCUT2D eigenvalue weighted by atomic mass is 9.86. The first-order valence-corrected chi connectivity index (χ1v) is 5.97. The zero-order valence-electron chi connectivity index (χ0n) is 9.89. The summed E-state index contributed by atoms with van der Waals surface area (Å²) < 4.78 is 0.174. The van der Waals surface area contributed by atoms with Gasteiger partial charge < -0.3 is 5.11 Å². The first-order valence-electron chi connectivity index (χ1n) is 4.98. The van der Waals surface area contributed by atoms with Crippen LogP contribution in [0.2, 0.25) is 0 Å². The molecule has 0 unspecified atom stereocenters. The Labute approximate surface area is 91.5 Å². The quantitative estimate of drug-likeness (QED) is 0.768. The van der Waals surface area contributed by atoms with E-state index in [-0.39, 0.29) is 11.2 Å². The maximum absolute atomic E-state index is 10.4. The van der Waals surface area contributed by atoms with Gasteiger partial charge in [-0.25, -0.2) is 0 Å². The van der Waals surface area contributed by atoms with Crippen molar-refractivity contribution in [2.75, 3.05) is 5.75 Å². The highest BCUT2D eigenvalue weighted by atomic mass is 32.2. The van der Waals surface area contributed by atoms with Gasteiger partial charge in [0.25, 0.3) is 0 Å². The number of carboxylic acids is 1. The molecular weight excluding hydrogens is 196 g/mol. The Balaban J connectivity index is 3.89. The Morgan fingerprint density at radius 1 is 1.21 bits per heavy atom. The summed E-state index contributed by atoms with van der Waals surface area (Å²) >= 11 is 1.75. The van der Waals surface area contributed by atoms with E-state index in [4.69, 9.17) is 5.11 Å². The normalized spacial score (nSPS) is 12.9. The highest BCUT2D eigenvalue weighted by Crippen LogP contribution is 2.36. The van der Waals surface area contributed by atoms with Crippen molar-refractivity contribution in [2.45, 2.75) is 52.2 Å². The zero-order valence-corrected chi connectivity index (χ0v) is 10.7. The third-order valence-corrected chi connectivity index (χ3v) is 3.10. The average Bonchev–Trinajstić information content (AvgIpc) is 1.78. The van der Waals surface area contributed by atoms with Gasteiger partial charge in [-0.1, -0.05) is 34.6 Å². The summed E-state index contributed by atoms with van der Waals surface area (Å²) in [5.41, 5.74) is 0.305. The lowest BCUT2D eigenvalue weighted by molar-refractivity contribution is -0.136. The second-order valence-corrected chi connectivity index (χ2v) is 7.29. The van der Waals surface area contributed by atoms with Crippen LogP contribution in [0.1, 0.15) is 47.5 Å². The third kappa shape index (κ3) is 8.42. The Morgan fingerprint density at radius 3 is 2.07 bits per heavy atom. The molecule has 0 atom stereocenters. The molecule has 14 heavy (non-hydrogen) atoms. The van der Waals surface area contributed by atoms with Crippen LogP contribution in [-0.4, -0.2) is 21.6 Å². The van der Waals surface area contributed by atoms with Gasteiger partial charge in [0.2, 0.25) is 0 Å². The van der Waals surface area contributed by atoms with Crippen LogP contribution in [0.5, 0.6) is 0 Å². The van der Waals surface area contributed by atoms with E-state index in [1.54, 1.807) is 11.8 Å². The summed E-state index contributed by atoms with van der Waals surface area (Å²) in [6.45, 7) is 11.0. The van der Waals surface area contributed by atoms with E-state index < -0.39 is 5.97 Å². The molecule has 1 N–H and O–H groups in total. The van der Waals surface area contributed by atoms with Gasteiger partial charge in [-0.15, -0.1) is 0 Å². The molecule has 0 radical (unpaired) electrons. The van der Waals surface area contributed by atoms with Crippen molar-refractivity contribution in [1.29, 1.82) is 0 Å². The smallest absolute Gasteiger partial charge is 0.304 e. The maximum atomic E-state index is 10.4. The summed E-state index contributed by atoms with van der Waals surface area (Å²) in [5, 5.41) is 8.53. The summed E-state index contributed by atoms with van der Waals surface area (Å²) in [6.07, 6.45) is 1.36. The van der Waals surface area contributed by atoms with E-state index in [2.05, 4.69) is 34.6 Å². The van der Waals surface area contributed by atoms with Gasteiger partial charge in [0.1, 0.15) is 0 Å². The van der Waals surface area contributed by atoms with Gasteiger partial charge >= 0.3 is 5.97 Å². The van der Waals surface area contributed by atoms with Gasteiger partial charge in [-0.2, -0.15) is 11.8 Å². The summed E-state index contributed by atoms with van der Waals surface area (Å²) in [5.74, 6) is 0.00218. The van der Waals surface area contributed by atoms with Crippen molar-refractivity contribution in [2.24, 2.45) is 5.41 Å². The number of thioether (sulfide) groups is 1. The van der Waals surface area contributed by atoms with Crippen LogP contribution >= 0.6 is 11.8 Å². The lowest BCUT2D eigenvalue weighted by Crippen LogP contribution is -2.24. The van der Waals surface area contributed by atoms with Gasteiger partial charge in [0.05, 0.1) is 6.42 Å². The van der Waals surface area contributed by atoms with Crippen molar-refractivity contribution in [3.05, 3.63) is 0 Å². The Morgan fingerprint density at radius 2 is 1.71 bits per heavy atom. The van der Waals surface area contributed by atoms with Gasteiger partial charge in [0.15, 0.2) is 0 Å². The van der Waals surface area contributed by atoms with Crippen molar-refractivity contribution >= 4 is 17.7 Å². The van der Waals surface area contributed by atoms with E-state index >= 15 is 0 Å². The molecule has 3 heteroatoms. The number of aliphatic carboxylic acids is 1. The fraction of sp³-hybridized carbons (Fsp3) is 0.909. The highest BCUT2D eigenvalue weighted by Gasteiger charge is 2.25. The van der Waals surface area contributed by atoms with Gasteiger partial charge in [0, 0.05) is 10.5 Å². The topological polar surface area (TPSA) is 37.3 Å². The molecule has 84 valence electrons. The maximum Gasteiger partial charge on any atom is 0.304 e. The minimum absolute atomic E-state index is 0.174. The highest BCUT2D eigenvalue weighted by molar-refractivity contribution is 8.00. The molecule has 0 aromatic heterocycles. The van der Waals surface area contributed by atoms with Crippen molar-refractivity contribution in [3.8, 4) is 0 Å². The van der Waals surface area contributed by atoms with Crippen LogP contribution in [0.4, 0.5) is 0 Å². The van der Waals surface area contributed by atoms with E-state index in [1.807, 2.05) is 0 Å². The number of hydrogen-bond acceptors (Lipinski definition) is 2. The predicted octanol–water partition coefficient (Wildman–Crippen LogP) is 3.41. The van der Waals surface area contributed by atoms with Crippen LogP contribution in [0.15, 0.2) is 0 Å². The molecular formula is C11H22O2S. The Bertz CT molecular complexity index is 192. The zero-order chi connectivity index (χ0) is 11.4. The molecule has 0 amide bonds. The molecule has 0 rings (SSSR count). The largest absolute Gasteiger partial charge is 0.481 e. The van der Waals surface area contributed by atoms with Crippen molar-refractivity contribution in [1.82, 2.24) is 0 Å². The Hall–Kier alpha value is -0.180. The number of carboxylic acid groups (broad SMARTS) is 1. The second-order valence-electron chi connectivity index (χ2n) is 5.49. The number of hydrogen-bond donors (Lipinski definition) is 1. The fourth-order valence-corrected chi connectivity index (χ4v) is 3.11. The Kier molecular flexibility index (Phi) is 4.99. The molecule has 0 aliphatic heterocycles. The second kappa shape index (κ2) is 5.06. The molecule has 2 nitrogen and oxygen atoms in total. The van der Waals surface area contributed by atoms with Crippen LogP contribution in [0.25, 0.3) is 0 Å². The van der Waals surface area contributed by atoms with E-state index in [1.165, 1.54) is 0 Å². The minimum Gasteiger partial charge on any atom is -0.481 e. The van der Waals surface area contributed by atoms with Gasteiger partial charge in [-0.05, 0) is 11.8 Å². The summed E-state index contributed by atoms with van der Waals surface area (Å²) in [4.78, 5) is 10.4. The molecule has 0 aliphatic carbocycles. The standard InChI is InChI=1S/C11H22O2S/c1-10(2,3)8-11(4,5)14-7-6-9(12)13/h6-8H2,1-5H3,(H,12,13). The first kappa shape index (κ1) is 13.8. The van der Waals surface area contributed by atoms with E-state index in [9.17, 15) is 4.79 Å². The van der Waals surface area contributed by atoms with Crippen LogP contribution in [0, 0.1) is 5.41 Å². The fourth-order valence-electron chi connectivity index (χ4n) is 1.74. The van der Waals surface area contributed by atoms with E-state index in [0.717, 1.165) is 6.42 Å².